The van der Waals surface area contributed by atoms with Crippen molar-refractivity contribution >= 4 is 0 Å². The van der Waals surface area contributed by atoms with E-state index in [1.807, 2.05) is 6.92 Å². The van der Waals surface area contributed by atoms with Gasteiger partial charge in [0.2, 0.25) is 7.11 Å². The predicted molar refractivity (Wildman–Crippen MR) is 49.4 cm³/mol. The highest BCUT2D eigenvalue weighted by molar-refractivity contribution is 4.33. The third-order valence-corrected chi connectivity index (χ3v) is 1.32. The molecule has 0 atom stereocenters. The lowest BCUT2D eigenvalue weighted by Gasteiger charge is -2.04. The Labute approximate surface area is 80.1 Å². The highest BCUT2D eigenvalue weighted by Gasteiger charge is 1.90. The quantitative estimate of drug-likeness (QED) is 0.379. The van der Waals surface area contributed by atoms with E-state index in [9.17, 15) is 0 Å². The summed E-state index contributed by atoms with van der Waals surface area (Å²) in [7, 11) is 3.23. The van der Waals surface area contributed by atoms with Crippen LogP contribution in [0.15, 0.2) is 0 Å². The first kappa shape index (κ1) is 12.7. The lowest BCUT2D eigenvalue weighted by Crippen LogP contribution is -2.11. The van der Waals surface area contributed by atoms with Gasteiger partial charge >= 0.3 is 0 Å². The zero-order chi connectivity index (χ0) is 9.78. The van der Waals surface area contributed by atoms with Crippen LogP contribution in [-0.2, 0) is 18.9 Å². The summed E-state index contributed by atoms with van der Waals surface area (Å²) in [6.07, 6.45) is 0. The first-order valence-corrected chi connectivity index (χ1v) is 4.52. The van der Waals surface area contributed by atoms with Gasteiger partial charge in [-0.15, -0.1) is 0 Å². The maximum absolute atomic E-state index is 5.21. The molecular formula is C9H19O4+. The molecule has 0 saturated heterocycles. The molecule has 13 heavy (non-hydrogen) atoms. The topological polar surface area (TPSA) is 36.9 Å². The fourth-order valence-electron chi connectivity index (χ4n) is 0.702. The second kappa shape index (κ2) is 11.7. The standard InChI is InChI=1S/C9H19O4/c1-3-11-6-7-13-9-8-12-5-4-10-2/h2-9H2,1H3/q+1. The van der Waals surface area contributed by atoms with Crippen LogP contribution in [-0.4, -0.2) is 46.2 Å². The van der Waals surface area contributed by atoms with E-state index in [-0.39, 0.29) is 0 Å². The van der Waals surface area contributed by atoms with Crippen LogP contribution in [0.1, 0.15) is 6.92 Å². The third-order valence-electron chi connectivity index (χ3n) is 1.32. The Hall–Kier alpha value is -0.290. The van der Waals surface area contributed by atoms with E-state index in [0.717, 1.165) is 6.61 Å². The molecule has 0 saturated carbocycles. The maximum Gasteiger partial charge on any atom is 0.213 e. The van der Waals surface area contributed by atoms with E-state index < -0.39 is 0 Å². The molecule has 0 bridgehead atoms. The van der Waals surface area contributed by atoms with Crippen molar-refractivity contribution in [3.63, 3.8) is 0 Å². The van der Waals surface area contributed by atoms with Crippen molar-refractivity contribution in [3.8, 4) is 0 Å². The van der Waals surface area contributed by atoms with Crippen LogP contribution < -0.4 is 0 Å². The zero-order valence-electron chi connectivity index (χ0n) is 8.29. The van der Waals surface area contributed by atoms with Gasteiger partial charge in [-0.2, -0.15) is 4.74 Å². The lowest BCUT2D eigenvalue weighted by atomic mass is 10.7. The summed E-state index contributed by atoms with van der Waals surface area (Å²) in [6.45, 7) is 6.26. The van der Waals surface area contributed by atoms with Gasteiger partial charge in [-0.05, 0) is 6.92 Å². The minimum Gasteiger partial charge on any atom is -0.379 e. The summed E-state index contributed by atoms with van der Waals surface area (Å²) in [5.41, 5.74) is 0. The van der Waals surface area contributed by atoms with Crippen molar-refractivity contribution < 1.29 is 18.9 Å². The maximum atomic E-state index is 5.21. The van der Waals surface area contributed by atoms with Gasteiger partial charge in [-0.3, -0.25) is 0 Å². The molecule has 0 radical (unpaired) electrons. The Morgan fingerprint density at radius 2 is 1.23 bits per heavy atom. The molecule has 0 aliphatic carbocycles. The molecule has 4 nitrogen and oxygen atoms in total. The number of hydrogen-bond donors (Lipinski definition) is 0. The highest BCUT2D eigenvalue weighted by atomic mass is 16.5. The number of ether oxygens (including phenoxy) is 4. The smallest absolute Gasteiger partial charge is 0.213 e. The largest absolute Gasteiger partial charge is 0.379 e. The summed E-state index contributed by atoms with van der Waals surface area (Å²) >= 11 is 0. The van der Waals surface area contributed by atoms with Crippen LogP contribution in [0.2, 0.25) is 0 Å². The summed E-state index contributed by atoms with van der Waals surface area (Å²) in [6, 6.07) is 0. The van der Waals surface area contributed by atoms with E-state index in [1.54, 1.807) is 0 Å². The van der Waals surface area contributed by atoms with E-state index in [4.69, 9.17) is 14.2 Å². The van der Waals surface area contributed by atoms with Gasteiger partial charge in [-0.25, -0.2) is 0 Å². The molecule has 0 spiro atoms. The summed E-state index contributed by atoms with van der Waals surface area (Å²) in [5.74, 6) is 0. The van der Waals surface area contributed by atoms with Crippen LogP contribution in [0.5, 0.6) is 0 Å². The average molecular weight is 191 g/mol. The van der Waals surface area contributed by atoms with Crippen LogP contribution in [0.25, 0.3) is 0 Å². The molecule has 0 N–H and O–H groups in total. The SMILES string of the molecule is [CH2+]OCCOCCOCCOCC. The molecule has 0 aromatic carbocycles. The zero-order valence-corrected chi connectivity index (χ0v) is 8.29. The van der Waals surface area contributed by atoms with Crippen LogP contribution >= 0.6 is 0 Å². The van der Waals surface area contributed by atoms with E-state index in [0.29, 0.717) is 39.6 Å². The Bertz CT molecular complexity index is 77.7. The van der Waals surface area contributed by atoms with Gasteiger partial charge in [0.05, 0.1) is 33.0 Å². The van der Waals surface area contributed by atoms with Crippen molar-refractivity contribution in [3.05, 3.63) is 7.11 Å². The second-order valence-corrected chi connectivity index (χ2v) is 2.33. The van der Waals surface area contributed by atoms with Gasteiger partial charge in [0, 0.05) is 6.61 Å². The van der Waals surface area contributed by atoms with Crippen molar-refractivity contribution in [1.82, 2.24) is 0 Å². The molecule has 0 unspecified atom stereocenters. The lowest BCUT2D eigenvalue weighted by molar-refractivity contribution is 0.00798. The van der Waals surface area contributed by atoms with Gasteiger partial charge in [0.15, 0.2) is 0 Å². The van der Waals surface area contributed by atoms with E-state index in [1.165, 1.54) is 0 Å². The Balaban J connectivity index is 2.76. The van der Waals surface area contributed by atoms with Crippen molar-refractivity contribution in [2.45, 2.75) is 6.92 Å². The van der Waals surface area contributed by atoms with Gasteiger partial charge < -0.3 is 14.2 Å². The molecule has 0 fully saturated rings. The molecule has 4 heteroatoms. The molecule has 0 rings (SSSR count). The van der Waals surface area contributed by atoms with E-state index >= 15 is 0 Å². The summed E-state index contributed by atoms with van der Waals surface area (Å²) in [5, 5.41) is 0. The molecule has 0 aliphatic heterocycles. The second-order valence-electron chi connectivity index (χ2n) is 2.33. The van der Waals surface area contributed by atoms with Crippen molar-refractivity contribution in [1.29, 1.82) is 0 Å². The molecule has 0 aliphatic rings. The number of rotatable bonds is 10. The molecule has 78 valence electrons. The Morgan fingerprint density at radius 1 is 0.769 bits per heavy atom. The fourth-order valence-corrected chi connectivity index (χ4v) is 0.702. The number of hydrogen-bond acceptors (Lipinski definition) is 4. The first-order chi connectivity index (χ1) is 6.41. The summed E-state index contributed by atoms with van der Waals surface area (Å²) in [4.78, 5) is 0. The molecule has 0 amide bonds. The van der Waals surface area contributed by atoms with Gasteiger partial charge in [-0.1, -0.05) is 0 Å². The van der Waals surface area contributed by atoms with Crippen LogP contribution in [0, 0.1) is 7.11 Å². The van der Waals surface area contributed by atoms with Crippen LogP contribution in [0.3, 0.4) is 0 Å². The third kappa shape index (κ3) is 11.7. The van der Waals surface area contributed by atoms with E-state index in [2.05, 4.69) is 11.8 Å². The minimum absolute atomic E-state index is 0.527. The molecule has 0 aromatic rings. The first-order valence-electron chi connectivity index (χ1n) is 4.52. The van der Waals surface area contributed by atoms with Gasteiger partial charge in [0.25, 0.3) is 0 Å². The normalized spacial score (nSPS) is 10.5. The monoisotopic (exact) mass is 191 g/mol. The van der Waals surface area contributed by atoms with Gasteiger partial charge in [0.1, 0.15) is 6.61 Å². The Kier molecular flexibility index (Phi) is 11.4. The molecular weight excluding hydrogens is 172 g/mol. The molecule has 0 aromatic heterocycles. The van der Waals surface area contributed by atoms with Crippen molar-refractivity contribution in [2.24, 2.45) is 0 Å². The van der Waals surface area contributed by atoms with Crippen LogP contribution in [0.4, 0.5) is 0 Å². The van der Waals surface area contributed by atoms with Crippen molar-refractivity contribution in [2.75, 3.05) is 46.2 Å². The Morgan fingerprint density at radius 3 is 1.69 bits per heavy atom. The summed E-state index contributed by atoms with van der Waals surface area (Å²) < 4.78 is 20.0. The minimum atomic E-state index is 0.527. The molecule has 0 heterocycles. The fraction of sp³-hybridized carbons (Fsp3) is 0.889. The predicted octanol–water partition coefficient (Wildman–Crippen LogP) is 0.864. The highest BCUT2D eigenvalue weighted by Crippen LogP contribution is 1.81. The average Bonchev–Trinajstić information content (AvgIpc) is 2.16.